The Morgan fingerprint density at radius 2 is 2.50 bits per heavy atom. The number of rotatable bonds is 2. The van der Waals surface area contributed by atoms with Crippen LogP contribution in [0.1, 0.15) is 15.2 Å². The molecule has 0 bridgehead atoms. The maximum atomic E-state index is 11.8. The molecule has 0 saturated heterocycles. The maximum Gasteiger partial charge on any atom is 0.268 e. The smallest absolute Gasteiger partial charge is 0.268 e. The van der Waals surface area contributed by atoms with Crippen molar-refractivity contribution < 1.29 is 4.79 Å². The number of aromatic amines is 1. The van der Waals surface area contributed by atoms with Crippen LogP contribution >= 0.6 is 27.3 Å². The van der Waals surface area contributed by atoms with Crippen LogP contribution in [0.25, 0.3) is 0 Å². The standard InChI is InChI=1S/C9H5BrN4OS/c10-6-1-2-16-7(6)9(15)13-8-5(3-11)4-12-14-8/h1-2,4H,(H2,12,13,14,15). The number of aromatic nitrogens is 2. The Bertz CT molecular complexity index is 568. The van der Waals surface area contributed by atoms with Crippen molar-refractivity contribution in [3.8, 4) is 6.07 Å². The Labute approximate surface area is 103 Å². The first-order chi connectivity index (χ1) is 7.72. The van der Waals surface area contributed by atoms with Crippen molar-refractivity contribution in [3.63, 3.8) is 0 Å². The third kappa shape index (κ3) is 1.98. The van der Waals surface area contributed by atoms with Gasteiger partial charge in [-0.3, -0.25) is 9.89 Å². The van der Waals surface area contributed by atoms with Gasteiger partial charge in [-0.15, -0.1) is 11.3 Å². The van der Waals surface area contributed by atoms with E-state index in [0.717, 1.165) is 4.47 Å². The minimum atomic E-state index is -0.275. The number of H-pyrrole nitrogens is 1. The van der Waals surface area contributed by atoms with E-state index in [1.165, 1.54) is 17.5 Å². The van der Waals surface area contributed by atoms with Gasteiger partial charge >= 0.3 is 0 Å². The van der Waals surface area contributed by atoms with Crippen molar-refractivity contribution in [1.29, 1.82) is 5.26 Å². The second-order valence-corrected chi connectivity index (χ2v) is 4.59. The van der Waals surface area contributed by atoms with Crippen LogP contribution in [0.15, 0.2) is 22.1 Å². The van der Waals surface area contributed by atoms with Gasteiger partial charge < -0.3 is 5.32 Å². The van der Waals surface area contributed by atoms with Crippen molar-refractivity contribution in [2.75, 3.05) is 5.32 Å². The van der Waals surface area contributed by atoms with Crippen molar-refractivity contribution in [3.05, 3.63) is 32.6 Å². The average molecular weight is 297 g/mol. The van der Waals surface area contributed by atoms with Gasteiger partial charge in [-0.05, 0) is 27.4 Å². The Hall–Kier alpha value is -1.65. The number of nitriles is 1. The molecule has 0 saturated carbocycles. The average Bonchev–Trinajstić information content (AvgIpc) is 2.86. The van der Waals surface area contributed by atoms with Crippen LogP contribution in [0.3, 0.4) is 0 Å². The number of amides is 1. The van der Waals surface area contributed by atoms with Crippen LogP contribution in [0, 0.1) is 11.3 Å². The van der Waals surface area contributed by atoms with E-state index in [9.17, 15) is 4.79 Å². The molecule has 7 heteroatoms. The molecular weight excluding hydrogens is 292 g/mol. The fourth-order valence-electron chi connectivity index (χ4n) is 1.09. The predicted octanol–water partition coefficient (Wildman–Crippen LogP) is 2.36. The van der Waals surface area contributed by atoms with Gasteiger partial charge in [0.05, 0.1) is 6.20 Å². The third-order valence-electron chi connectivity index (χ3n) is 1.82. The summed E-state index contributed by atoms with van der Waals surface area (Å²) in [6.45, 7) is 0. The Morgan fingerprint density at radius 1 is 1.69 bits per heavy atom. The zero-order valence-corrected chi connectivity index (χ0v) is 10.2. The molecule has 2 heterocycles. The van der Waals surface area contributed by atoms with E-state index in [0.29, 0.717) is 16.3 Å². The van der Waals surface area contributed by atoms with Gasteiger partial charge in [0.2, 0.25) is 0 Å². The molecule has 2 rings (SSSR count). The molecule has 1 amide bonds. The second-order valence-electron chi connectivity index (χ2n) is 2.82. The minimum absolute atomic E-state index is 0.275. The highest BCUT2D eigenvalue weighted by Gasteiger charge is 2.14. The van der Waals surface area contributed by atoms with Crippen molar-refractivity contribution >= 4 is 39.0 Å². The fraction of sp³-hybridized carbons (Fsp3) is 0. The molecule has 0 atom stereocenters. The van der Waals surface area contributed by atoms with Gasteiger partial charge in [-0.1, -0.05) is 0 Å². The topological polar surface area (TPSA) is 81.6 Å². The zero-order valence-electron chi connectivity index (χ0n) is 7.82. The first-order valence-corrected chi connectivity index (χ1v) is 5.87. The molecule has 0 aliphatic heterocycles. The fourth-order valence-corrected chi connectivity index (χ4v) is 2.54. The summed E-state index contributed by atoms with van der Waals surface area (Å²) < 4.78 is 0.730. The summed E-state index contributed by atoms with van der Waals surface area (Å²) in [5, 5.41) is 19.4. The monoisotopic (exact) mass is 296 g/mol. The molecule has 0 aliphatic carbocycles. The lowest BCUT2D eigenvalue weighted by Gasteiger charge is -2.00. The number of hydrogen-bond acceptors (Lipinski definition) is 4. The minimum Gasteiger partial charge on any atom is -0.305 e. The Kier molecular flexibility index (Phi) is 3.03. The van der Waals surface area contributed by atoms with E-state index in [-0.39, 0.29) is 5.91 Å². The number of carbonyl (C=O) groups is 1. The number of halogens is 1. The van der Waals surface area contributed by atoms with Crippen LogP contribution < -0.4 is 5.32 Å². The summed E-state index contributed by atoms with van der Waals surface area (Å²) in [6, 6.07) is 3.71. The summed E-state index contributed by atoms with van der Waals surface area (Å²) in [5.41, 5.74) is 0.307. The number of anilines is 1. The highest BCUT2D eigenvalue weighted by Crippen LogP contribution is 2.23. The molecule has 16 heavy (non-hydrogen) atoms. The van der Waals surface area contributed by atoms with Crippen molar-refractivity contribution in [1.82, 2.24) is 10.2 Å². The lowest BCUT2D eigenvalue weighted by molar-refractivity contribution is 0.102. The number of thiophene rings is 1. The van der Waals surface area contributed by atoms with Crippen molar-refractivity contribution in [2.24, 2.45) is 0 Å². The van der Waals surface area contributed by atoms with Gasteiger partial charge in [0.1, 0.15) is 22.3 Å². The van der Waals surface area contributed by atoms with Crippen LogP contribution in [0.2, 0.25) is 0 Å². The van der Waals surface area contributed by atoms with E-state index in [1.54, 1.807) is 11.4 Å². The van der Waals surface area contributed by atoms with Crippen LogP contribution in [-0.2, 0) is 0 Å². The lowest BCUT2D eigenvalue weighted by Crippen LogP contribution is -2.11. The molecule has 2 N–H and O–H groups in total. The molecule has 0 radical (unpaired) electrons. The predicted molar refractivity (Wildman–Crippen MR) is 63.3 cm³/mol. The number of nitrogens with one attached hydrogen (secondary N) is 2. The van der Waals surface area contributed by atoms with Crippen LogP contribution in [-0.4, -0.2) is 16.1 Å². The van der Waals surface area contributed by atoms with Gasteiger partial charge in [-0.2, -0.15) is 10.4 Å². The normalized spacial score (nSPS) is 9.75. The largest absolute Gasteiger partial charge is 0.305 e. The summed E-state index contributed by atoms with van der Waals surface area (Å²) in [6.07, 6.45) is 1.36. The maximum absolute atomic E-state index is 11.8. The van der Waals surface area contributed by atoms with Gasteiger partial charge in [0, 0.05) is 4.47 Å². The Balaban J connectivity index is 2.21. The molecule has 0 aliphatic rings. The molecule has 0 unspecified atom stereocenters. The number of carbonyl (C=O) groups excluding carboxylic acids is 1. The number of hydrogen-bond donors (Lipinski definition) is 2. The van der Waals surface area contributed by atoms with Gasteiger partial charge in [0.25, 0.3) is 5.91 Å². The SMILES string of the molecule is N#Cc1cn[nH]c1NC(=O)c1sccc1Br. The summed E-state index contributed by atoms with van der Waals surface area (Å²) in [5.74, 6) is 0.0374. The number of nitrogens with zero attached hydrogens (tertiary/aromatic N) is 2. The summed E-state index contributed by atoms with van der Waals surface area (Å²) >= 11 is 4.58. The molecule has 5 nitrogen and oxygen atoms in total. The quantitative estimate of drug-likeness (QED) is 0.892. The lowest BCUT2D eigenvalue weighted by atomic mass is 10.3. The van der Waals surface area contributed by atoms with Crippen molar-refractivity contribution in [2.45, 2.75) is 0 Å². The summed E-state index contributed by atoms with van der Waals surface area (Å²) in [4.78, 5) is 12.3. The molecule has 0 aromatic carbocycles. The van der Waals surface area contributed by atoms with E-state index in [2.05, 4.69) is 31.4 Å². The highest BCUT2D eigenvalue weighted by molar-refractivity contribution is 9.10. The molecule has 2 aromatic rings. The zero-order chi connectivity index (χ0) is 11.5. The molecule has 2 aromatic heterocycles. The first kappa shape index (κ1) is 10.9. The second kappa shape index (κ2) is 4.47. The van der Waals surface area contributed by atoms with Crippen LogP contribution in [0.4, 0.5) is 5.82 Å². The first-order valence-electron chi connectivity index (χ1n) is 4.20. The molecular formula is C9H5BrN4OS. The van der Waals surface area contributed by atoms with Gasteiger partial charge in [-0.25, -0.2) is 0 Å². The molecule has 80 valence electrons. The Morgan fingerprint density at radius 3 is 3.12 bits per heavy atom. The third-order valence-corrected chi connectivity index (χ3v) is 3.66. The highest BCUT2D eigenvalue weighted by atomic mass is 79.9. The summed E-state index contributed by atoms with van der Waals surface area (Å²) in [7, 11) is 0. The molecule has 0 spiro atoms. The van der Waals surface area contributed by atoms with Crippen LogP contribution in [0.5, 0.6) is 0 Å². The van der Waals surface area contributed by atoms with E-state index in [4.69, 9.17) is 5.26 Å². The van der Waals surface area contributed by atoms with E-state index < -0.39 is 0 Å². The van der Waals surface area contributed by atoms with Gasteiger partial charge in [0.15, 0.2) is 0 Å². The molecule has 0 fully saturated rings. The van der Waals surface area contributed by atoms with E-state index in [1.807, 2.05) is 6.07 Å². The van der Waals surface area contributed by atoms with E-state index >= 15 is 0 Å².